The van der Waals surface area contributed by atoms with E-state index in [1.807, 2.05) is 0 Å². The Morgan fingerprint density at radius 1 is 1.24 bits per heavy atom. The molecule has 0 amide bonds. The molecule has 0 radical (unpaired) electrons. The normalized spacial score (nSPS) is 17.4. The van der Waals surface area contributed by atoms with Gasteiger partial charge in [0.2, 0.25) is 0 Å². The second kappa shape index (κ2) is 6.87. The third kappa shape index (κ3) is 3.90. The summed E-state index contributed by atoms with van der Waals surface area (Å²) in [4.78, 5) is 2.46. The second-order valence-electron chi connectivity index (χ2n) is 4.86. The summed E-state index contributed by atoms with van der Waals surface area (Å²) in [6.07, 6.45) is 5.17. The summed E-state index contributed by atoms with van der Waals surface area (Å²) in [5.41, 5.74) is 8.82. The molecule has 0 saturated heterocycles. The monoisotopic (exact) mass is 254 g/mol. The van der Waals surface area contributed by atoms with Gasteiger partial charge in [0.25, 0.3) is 0 Å². The molecule has 1 aliphatic rings. The van der Waals surface area contributed by atoms with Crippen molar-refractivity contribution in [1.82, 2.24) is 0 Å². The van der Waals surface area contributed by atoms with E-state index in [4.69, 9.17) is 5.73 Å². The first-order valence-electron chi connectivity index (χ1n) is 6.36. The molecule has 0 fully saturated rings. The molecule has 17 heavy (non-hydrogen) atoms. The van der Waals surface area contributed by atoms with E-state index in [0.29, 0.717) is 0 Å². The highest BCUT2D eigenvalue weighted by atomic mass is 35.5. The number of nitrogens with two attached hydrogens (primary N) is 1. The lowest BCUT2D eigenvalue weighted by Gasteiger charge is -2.30. The summed E-state index contributed by atoms with van der Waals surface area (Å²) in [6.45, 7) is 4.21. The van der Waals surface area contributed by atoms with Gasteiger partial charge in [0.05, 0.1) is 0 Å². The van der Waals surface area contributed by atoms with Crippen LogP contribution in [0.15, 0.2) is 24.3 Å². The fraction of sp³-hybridized carbons (Fsp3) is 0.571. The van der Waals surface area contributed by atoms with Crippen molar-refractivity contribution in [2.24, 2.45) is 5.73 Å². The predicted molar refractivity (Wildman–Crippen MR) is 77.1 cm³/mol. The van der Waals surface area contributed by atoms with Crippen LogP contribution in [-0.2, 0) is 6.42 Å². The van der Waals surface area contributed by atoms with Gasteiger partial charge in [-0.1, -0.05) is 24.6 Å². The van der Waals surface area contributed by atoms with Gasteiger partial charge in [-0.05, 0) is 37.8 Å². The summed E-state index contributed by atoms with van der Waals surface area (Å²) in [7, 11) is 0. The topological polar surface area (TPSA) is 29.3 Å². The van der Waals surface area contributed by atoms with Crippen LogP contribution in [0.2, 0.25) is 0 Å². The van der Waals surface area contributed by atoms with E-state index < -0.39 is 0 Å². The van der Waals surface area contributed by atoms with Crippen LogP contribution in [0.1, 0.15) is 31.7 Å². The SMILES string of the molecule is CC(N)CN1CCCCCc2ccccc21.Cl. The molecule has 2 nitrogen and oxygen atoms in total. The molecule has 0 saturated carbocycles. The van der Waals surface area contributed by atoms with E-state index in [-0.39, 0.29) is 18.4 Å². The molecule has 3 heteroatoms. The molecular weight excluding hydrogens is 232 g/mol. The lowest BCUT2D eigenvalue weighted by Crippen LogP contribution is -2.37. The summed E-state index contributed by atoms with van der Waals surface area (Å²) < 4.78 is 0. The van der Waals surface area contributed by atoms with Crippen LogP contribution in [-0.4, -0.2) is 19.1 Å². The first kappa shape index (κ1) is 14.3. The predicted octanol–water partition coefficient (Wildman–Crippen LogP) is 2.99. The highest BCUT2D eigenvalue weighted by Crippen LogP contribution is 2.25. The van der Waals surface area contributed by atoms with E-state index in [0.717, 1.165) is 13.1 Å². The van der Waals surface area contributed by atoms with Gasteiger partial charge in [-0.3, -0.25) is 0 Å². The van der Waals surface area contributed by atoms with E-state index >= 15 is 0 Å². The molecule has 2 rings (SSSR count). The first-order valence-corrected chi connectivity index (χ1v) is 6.36. The Morgan fingerprint density at radius 2 is 2.00 bits per heavy atom. The number of fused-ring (bicyclic) bond motifs is 1. The van der Waals surface area contributed by atoms with Crippen LogP contribution >= 0.6 is 12.4 Å². The van der Waals surface area contributed by atoms with Gasteiger partial charge in [0.15, 0.2) is 0 Å². The number of halogens is 1. The Labute approximate surface area is 111 Å². The van der Waals surface area contributed by atoms with Gasteiger partial charge < -0.3 is 10.6 Å². The maximum atomic E-state index is 5.93. The Balaban J connectivity index is 0.00000144. The number of rotatable bonds is 2. The van der Waals surface area contributed by atoms with Gasteiger partial charge in [-0.25, -0.2) is 0 Å². The average molecular weight is 255 g/mol. The third-order valence-electron chi connectivity index (χ3n) is 3.21. The fourth-order valence-corrected chi connectivity index (χ4v) is 2.48. The van der Waals surface area contributed by atoms with Crippen molar-refractivity contribution in [2.75, 3.05) is 18.0 Å². The Hall–Kier alpha value is -0.730. The highest BCUT2D eigenvalue weighted by Gasteiger charge is 2.14. The van der Waals surface area contributed by atoms with E-state index in [2.05, 4.69) is 36.1 Å². The largest absolute Gasteiger partial charge is 0.370 e. The van der Waals surface area contributed by atoms with Crippen LogP contribution in [0.25, 0.3) is 0 Å². The number of hydrogen-bond donors (Lipinski definition) is 1. The zero-order valence-corrected chi connectivity index (χ0v) is 11.4. The minimum absolute atomic E-state index is 0. The highest BCUT2D eigenvalue weighted by molar-refractivity contribution is 5.85. The summed E-state index contributed by atoms with van der Waals surface area (Å²) in [5, 5.41) is 0. The molecule has 0 aromatic heterocycles. The minimum atomic E-state index is 0. The Morgan fingerprint density at radius 3 is 2.76 bits per heavy atom. The lowest BCUT2D eigenvalue weighted by molar-refractivity contribution is 0.603. The molecule has 1 aromatic carbocycles. The van der Waals surface area contributed by atoms with E-state index in [1.54, 1.807) is 0 Å². The molecule has 1 atom stereocenters. The van der Waals surface area contributed by atoms with Crippen LogP contribution < -0.4 is 10.6 Å². The van der Waals surface area contributed by atoms with Crippen LogP contribution in [0, 0.1) is 0 Å². The standard InChI is InChI=1S/C14H22N2.ClH/c1-12(15)11-16-10-6-2-3-7-13-8-4-5-9-14(13)16;/h4-5,8-9,12H,2-3,6-7,10-11,15H2,1H3;1H. The van der Waals surface area contributed by atoms with Crippen LogP contribution in [0.3, 0.4) is 0 Å². The van der Waals surface area contributed by atoms with Crippen LogP contribution in [0.4, 0.5) is 5.69 Å². The molecule has 2 N–H and O–H groups in total. The Kier molecular flexibility index (Phi) is 5.79. The van der Waals surface area contributed by atoms with Gasteiger partial charge in [-0.15, -0.1) is 12.4 Å². The molecule has 0 bridgehead atoms. The lowest BCUT2D eigenvalue weighted by atomic mass is 10.0. The number of nitrogens with zero attached hydrogens (tertiary/aromatic N) is 1. The molecule has 1 unspecified atom stereocenters. The van der Waals surface area contributed by atoms with Gasteiger partial charge in [-0.2, -0.15) is 0 Å². The van der Waals surface area contributed by atoms with Crippen molar-refractivity contribution < 1.29 is 0 Å². The molecule has 0 spiro atoms. The van der Waals surface area contributed by atoms with Crippen LogP contribution in [0.5, 0.6) is 0 Å². The third-order valence-corrected chi connectivity index (χ3v) is 3.21. The summed E-state index contributed by atoms with van der Waals surface area (Å²) in [6, 6.07) is 9.02. The zero-order valence-electron chi connectivity index (χ0n) is 10.6. The quantitative estimate of drug-likeness (QED) is 0.879. The van der Waals surface area contributed by atoms with Crippen molar-refractivity contribution in [3.8, 4) is 0 Å². The molecule has 0 aliphatic carbocycles. The maximum absolute atomic E-state index is 5.93. The number of para-hydroxylation sites is 1. The Bertz CT molecular complexity index is 339. The molecule has 1 aromatic rings. The van der Waals surface area contributed by atoms with E-state index in [1.165, 1.54) is 36.9 Å². The second-order valence-corrected chi connectivity index (χ2v) is 4.86. The van der Waals surface area contributed by atoms with Gasteiger partial charge >= 0.3 is 0 Å². The van der Waals surface area contributed by atoms with Gasteiger partial charge in [0, 0.05) is 24.8 Å². The first-order chi connectivity index (χ1) is 7.77. The number of hydrogen-bond acceptors (Lipinski definition) is 2. The van der Waals surface area contributed by atoms with Crippen molar-refractivity contribution in [3.63, 3.8) is 0 Å². The molecule has 1 heterocycles. The number of anilines is 1. The van der Waals surface area contributed by atoms with Crippen molar-refractivity contribution in [1.29, 1.82) is 0 Å². The molecular formula is C14H23ClN2. The van der Waals surface area contributed by atoms with Crippen molar-refractivity contribution in [2.45, 2.75) is 38.6 Å². The summed E-state index contributed by atoms with van der Waals surface area (Å²) in [5.74, 6) is 0. The van der Waals surface area contributed by atoms with Crippen molar-refractivity contribution >= 4 is 18.1 Å². The van der Waals surface area contributed by atoms with Crippen molar-refractivity contribution in [3.05, 3.63) is 29.8 Å². The van der Waals surface area contributed by atoms with E-state index in [9.17, 15) is 0 Å². The molecule has 1 aliphatic heterocycles. The fourth-order valence-electron chi connectivity index (χ4n) is 2.48. The number of benzene rings is 1. The minimum Gasteiger partial charge on any atom is -0.370 e. The smallest absolute Gasteiger partial charge is 0.0399 e. The maximum Gasteiger partial charge on any atom is 0.0399 e. The zero-order chi connectivity index (χ0) is 11.4. The number of aryl methyl sites for hydroxylation is 1. The molecule has 96 valence electrons. The average Bonchev–Trinajstić information content (AvgIpc) is 2.24. The van der Waals surface area contributed by atoms with Gasteiger partial charge in [0.1, 0.15) is 0 Å². The summed E-state index contributed by atoms with van der Waals surface area (Å²) >= 11 is 0.